The topological polar surface area (TPSA) is 76.8 Å². The molecule has 0 saturated heterocycles. The lowest BCUT2D eigenvalue weighted by molar-refractivity contribution is 0.242. The molecular formula is C17H18N6O. The second-order valence-corrected chi connectivity index (χ2v) is 6.23. The van der Waals surface area contributed by atoms with Crippen LogP contribution in [0.4, 0.5) is 10.6 Å². The quantitative estimate of drug-likeness (QED) is 0.725. The van der Waals surface area contributed by atoms with Gasteiger partial charge in [-0.2, -0.15) is 0 Å². The van der Waals surface area contributed by atoms with Gasteiger partial charge in [-0.25, -0.2) is 19.7 Å². The second kappa shape index (κ2) is 6.19. The first kappa shape index (κ1) is 15.8. The summed E-state index contributed by atoms with van der Waals surface area (Å²) in [6.45, 7) is 5.86. The highest BCUT2D eigenvalue weighted by atomic mass is 16.2. The molecule has 0 aliphatic rings. The Hall–Kier alpha value is -3.09. The van der Waals surface area contributed by atoms with Crippen LogP contribution in [0.15, 0.2) is 55.5 Å². The van der Waals surface area contributed by atoms with Gasteiger partial charge in [0.05, 0.1) is 0 Å². The molecule has 0 radical (unpaired) electrons. The molecule has 0 saturated carbocycles. The monoisotopic (exact) mass is 322 g/mol. The highest BCUT2D eigenvalue weighted by Crippen LogP contribution is 2.25. The Balaban J connectivity index is 2.05. The highest BCUT2D eigenvalue weighted by molar-refractivity contribution is 5.94. The minimum absolute atomic E-state index is 0.223. The summed E-state index contributed by atoms with van der Waals surface area (Å²) in [5.41, 5.74) is 0.376. The summed E-state index contributed by atoms with van der Waals surface area (Å²) >= 11 is 0. The molecule has 0 spiro atoms. The van der Waals surface area contributed by atoms with Crippen molar-refractivity contribution in [1.82, 2.24) is 24.5 Å². The van der Waals surface area contributed by atoms with E-state index >= 15 is 0 Å². The molecule has 3 rings (SSSR count). The molecule has 3 aromatic rings. The molecule has 0 unspecified atom stereocenters. The molecule has 122 valence electrons. The average molecular weight is 322 g/mol. The van der Waals surface area contributed by atoms with Crippen LogP contribution >= 0.6 is 0 Å². The van der Waals surface area contributed by atoms with Crippen LogP contribution < -0.4 is 4.90 Å². The lowest BCUT2D eigenvalue weighted by Crippen LogP contribution is -2.48. The summed E-state index contributed by atoms with van der Waals surface area (Å²) < 4.78 is 1.43. The van der Waals surface area contributed by atoms with Gasteiger partial charge in [-0.1, -0.05) is 0 Å². The lowest BCUT2D eigenvalue weighted by atomic mass is 10.1. The molecule has 0 fully saturated rings. The van der Waals surface area contributed by atoms with Crippen LogP contribution in [0.2, 0.25) is 0 Å². The van der Waals surface area contributed by atoms with E-state index in [9.17, 15) is 4.79 Å². The Morgan fingerprint density at radius 2 is 1.79 bits per heavy atom. The van der Waals surface area contributed by atoms with E-state index in [0.29, 0.717) is 11.6 Å². The van der Waals surface area contributed by atoms with Crippen LogP contribution in [0.3, 0.4) is 0 Å². The van der Waals surface area contributed by atoms with E-state index in [4.69, 9.17) is 0 Å². The summed E-state index contributed by atoms with van der Waals surface area (Å²) in [6.07, 6.45) is 9.68. The molecular weight excluding hydrogens is 304 g/mol. The summed E-state index contributed by atoms with van der Waals surface area (Å²) in [5, 5.41) is 0. The third kappa shape index (κ3) is 3.15. The molecule has 0 aromatic carbocycles. The zero-order valence-electron chi connectivity index (χ0n) is 13.8. The fraction of sp³-hybridized carbons (Fsp3) is 0.235. The Morgan fingerprint density at radius 3 is 2.42 bits per heavy atom. The molecule has 7 heteroatoms. The molecule has 1 amide bonds. The van der Waals surface area contributed by atoms with E-state index in [1.807, 2.05) is 32.9 Å². The van der Waals surface area contributed by atoms with Crippen LogP contribution in [-0.2, 0) is 0 Å². The first-order chi connectivity index (χ1) is 11.5. The van der Waals surface area contributed by atoms with Crippen molar-refractivity contribution in [1.29, 1.82) is 0 Å². The zero-order chi connectivity index (χ0) is 17.2. The van der Waals surface area contributed by atoms with Crippen molar-refractivity contribution in [3.63, 3.8) is 0 Å². The second-order valence-electron chi connectivity index (χ2n) is 6.23. The van der Waals surface area contributed by atoms with Gasteiger partial charge in [-0.3, -0.25) is 14.5 Å². The van der Waals surface area contributed by atoms with Gasteiger partial charge in [0.15, 0.2) is 5.82 Å². The molecule has 0 bridgehead atoms. The van der Waals surface area contributed by atoms with Crippen molar-refractivity contribution in [3.05, 3.63) is 55.5 Å². The van der Waals surface area contributed by atoms with Gasteiger partial charge < -0.3 is 0 Å². The van der Waals surface area contributed by atoms with E-state index in [1.54, 1.807) is 42.0 Å². The lowest BCUT2D eigenvalue weighted by Gasteiger charge is -2.34. The molecule has 0 aliphatic carbocycles. The number of imidazole rings is 1. The molecule has 7 nitrogen and oxygen atoms in total. The number of hydrogen-bond donors (Lipinski definition) is 0. The van der Waals surface area contributed by atoms with Crippen molar-refractivity contribution < 1.29 is 4.79 Å². The Morgan fingerprint density at radius 1 is 1.04 bits per heavy atom. The first-order valence-electron chi connectivity index (χ1n) is 7.53. The Kier molecular flexibility index (Phi) is 4.07. The van der Waals surface area contributed by atoms with Crippen LogP contribution in [0.25, 0.3) is 11.4 Å². The van der Waals surface area contributed by atoms with Gasteiger partial charge in [-0.05, 0) is 39.0 Å². The van der Waals surface area contributed by atoms with Crippen LogP contribution in [0, 0.1) is 0 Å². The van der Waals surface area contributed by atoms with Crippen molar-refractivity contribution in [2.75, 3.05) is 4.90 Å². The smallest absolute Gasteiger partial charge is 0.272 e. The van der Waals surface area contributed by atoms with Crippen LogP contribution in [0.5, 0.6) is 0 Å². The van der Waals surface area contributed by atoms with E-state index in [0.717, 1.165) is 5.56 Å². The summed E-state index contributed by atoms with van der Waals surface area (Å²) in [6, 6.07) is 5.17. The number of aromatic nitrogens is 5. The summed E-state index contributed by atoms with van der Waals surface area (Å²) in [4.78, 5) is 31.3. The number of hydrogen-bond acceptors (Lipinski definition) is 5. The van der Waals surface area contributed by atoms with E-state index in [1.165, 1.54) is 10.9 Å². The number of anilines is 1. The number of nitrogens with zero attached hydrogens (tertiary/aromatic N) is 6. The van der Waals surface area contributed by atoms with Crippen molar-refractivity contribution >= 4 is 11.8 Å². The first-order valence-corrected chi connectivity index (χ1v) is 7.53. The summed E-state index contributed by atoms with van der Waals surface area (Å²) in [5.74, 6) is 1.07. The van der Waals surface area contributed by atoms with Crippen molar-refractivity contribution in [2.24, 2.45) is 0 Å². The third-order valence-corrected chi connectivity index (χ3v) is 3.40. The number of carbonyl (C=O) groups is 1. The molecule has 24 heavy (non-hydrogen) atoms. The predicted octanol–water partition coefficient (Wildman–Crippen LogP) is 3.01. The minimum Gasteiger partial charge on any atom is -0.272 e. The van der Waals surface area contributed by atoms with Gasteiger partial charge >= 0.3 is 6.03 Å². The minimum atomic E-state index is -0.467. The van der Waals surface area contributed by atoms with Gasteiger partial charge in [0.1, 0.15) is 12.1 Å². The Labute approximate surface area is 140 Å². The predicted molar refractivity (Wildman–Crippen MR) is 90.5 cm³/mol. The van der Waals surface area contributed by atoms with E-state index in [2.05, 4.69) is 19.9 Å². The van der Waals surface area contributed by atoms with Crippen molar-refractivity contribution in [3.8, 4) is 11.4 Å². The SMILES string of the molecule is CC(C)(C)N(C(=O)n1ccnc1)c1ccnc(-c2ccncc2)n1. The number of pyridine rings is 1. The molecule has 0 atom stereocenters. The van der Waals surface area contributed by atoms with Gasteiger partial charge in [0.25, 0.3) is 0 Å². The fourth-order valence-corrected chi connectivity index (χ4v) is 2.33. The standard InChI is InChI=1S/C17H18N6O/c1-17(2,3)23(16(24)22-11-10-19-12-22)14-6-9-20-15(21-14)13-4-7-18-8-5-13/h4-12H,1-3H3. The summed E-state index contributed by atoms with van der Waals surface area (Å²) in [7, 11) is 0. The number of amides is 1. The van der Waals surface area contributed by atoms with Gasteiger partial charge in [-0.15, -0.1) is 0 Å². The molecule has 3 aromatic heterocycles. The van der Waals surface area contributed by atoms with Gasteiger partial charge in [0.2, 0.25) is 0 Å². The average Bonchev–Trinajstić information content (AvgIpc) is 3.09. The number of rotatable bonds is 2. The van der Waals surface area contributed by atoms with Gasteiger partial charge in [0, 0.05) is 42.1 Å². The van der Waals surface area contributed by atoms with Crippen LogP contribution in [0.1, 0.15) is 20.8 Å². The molecule has 0 aliphatic heterocycles. The zero-order valence-corrected chi connectivity index (χ0v) is 13.8. The molecule has 3 heterocycles. The maximum absolute atomic E-state index is 12.9. The third-order valence-electron chi connectivity index (χ3n) is 3.40. The highest BCUT2D eigenvalue weighted by Gasteiger charge is 2.30. The maximum Gasteiger partial charge on any atom is 0.335 e. The largest absolute Gasteiger partial charge is 0.335 e. The molecule has 0 N–H and O–H groups in total. The maximum atomic E-state index is 12.9. The van der Waals surface area contributed by atoms with Crippen LogP contribution in [-0.4, -0.2) is 36.1 Å². The Bertz CT molecular complexity index is 824. The van der Waals surface area contributed by atoms with E-state index < -0.39 is 5.54 Å². The normalized spacial score (nSPS) is 11.3. The number of carbonyl (C=O) groups excluding carboxylic acids is 1. The van der Waals surface area contributed by atoms with E-state index in [-0.39, 0.29) is 6.03 Å². The van der Waals surface area contributed by atoms with Crippen molar-refractivity contribution in [2.45, 2.75) is 26.3 Å². The fourth-order valence-electron chi connectivity index (χ4n) is 2.33.